The predicted octanol–water partition coefficient (Wildman–Crippen LogP) is 3.59. The maximum atomic E-state index is 13.5. The Labute approximate surface area is 201 Å². The number of hydrogen-bond donors (Lipinski definition) is 1. The van der Waals surface area contributed by atoms with E-state index in [4.69, 9.17) is 17.0 Å². The van der Waals surface area contributed by atoms with Gasteiger partial charge in [-0.2, -0.15) is 0 Å². The van der Waals surface area contributed by atoms with Crippen LogP contribution in [0, 0.1) is 6.92 Å². The highest BCUT2D eigenvalue weighted by Crippen LogP contribution is 2.44. The van der Waals surface area contributed by atoms with Crippen LogP contribution in [0.1, 0.15) is 17.5 Å². The molecule has 0 radical (unpaired) electrons. The Morgan fingerprint density at radius 1 is 1.09 bits per heavy atom. The smallest absolute Gasteiger partial charge is 0.267 e. The Kier molecular flexibility index (Phi) is 6.92. The number of hydrogen-bond acceptors (Lipinski definition) is 6. The zero-order valence-corrected chi connectivity index (χ0v) is 19.9. The molecule has 2 aromatic carbocycles. The van der Waals surface area contributed by atoms with E-state index in [1.54, 1.807) is 31.4 Å². The van der Waals surface area contributed by atoms with Gasteiger partial charge in [0.1, 0.15) is 10.9 Å². The summed E-state index contributed by atoms with van der Waals surface area (Å²) < 4.78 is 5.48. The van der Waals surface area contributed by atoms with Gasteiger partial charge in [-0.25, -0.2) is 0 Å². The minimum absolute atomic E-state index is 0.165. The third kappa shape index (κ3) is 4.71. The molecule has 170 valence electrons. The van der Waals surface area contributed by atoms with Crippen molar-refractivity contribution < 1.29 is 19.1 Å². The number of carbonyl (C=O) groups is 3. The van der Waals surface area contributed by atoms with Crippen molar-refractivity contribution in [3.63, 3.8) is 0 Å². The third-order valence-electron chi connectivity index (χ3n) is 5.33. The van der Waals surface area contributed by atoms with E-state index >= 15 is 0 Å². The summed E-state index contributed by atoms with van der Waals surface area (Å²) in [5.41, 5.74) is 3.20. The number of thiocarbonyl (C=S) groups is 1. The second-order valence-electron chi connectivity index (χ2n) is 7.70. The number of rotatable bonds is 7. The van der Waals surface area contributed by atoms with Crippen molar-refractivity contribution >= 4 is 63.0 Å². The molecule has 3 amide bonds. The summed E-state index contributed by atoms with van der Waals surface area (Å²) in [5, 5.41) is 2.84. The van der Waals surface area contributed by atoms with Gasteiger partial charge >= 0.3 is 0 Å². The van der Waals surface area contributed by atoms with Crippen LogP contribution in [0.25, 0.3) is 5.57 Å². The van der Waals surface area contributed by atoms with Gasteiger partial charge in [-0.1, -0.05) is 54.3 Å². The molecule has 2 aliphatic heterocycles. The fraction of sp³-hybridized carbons (Fsp3) is 0.250. The number of aryl methyl sites for hydroxylation is 1. The lowest BCUT2D eigenvalue weighted by Gasteiger charge is -2.17. The summed E-state index contributed by atoms with van der Waals surface area (Å²) >= 11 is 6.53. The SMILES string of the molecule is COCCCN1C(=O)/C(=C2/C(=O)N(CC(=O)Nc3cccc(C)c3)c3ccccc32)SC1=S. The Bertz CT molecular complexity index is 1180. The van der Waals surface area contributed by atoms with Crippen LogP contribution in [0.4, 0.5) is 11.4 Å². The fourth-order valence-electron chi connectivity index (χ4n) is 3.83. The summed E-state index contributed by atoms with van der Waals surface area (Å²) in [6, 6.07) is 14.6. The topological polar surface area (TPSA) is 79.0 Å². The lowest BCUT2D eigenvalue weighted by atomic mass is 10.1. The molecule has 0 bridgehead atoms. The first-order chi connectivity index (χ1) is 15.9. The van der Waals surface area contributed by atoms with E-state index in [0.717, 1.165) is 17.3 Å². The van der Waals surface area contributed by atoms with E-state index in [9.17, 15) is 14.4 Å². The van der Waals surface area contributed by atoms with Crippen LogP contribution in [-0.4, -0.2) is 53.7 Å². The van der Waals surface area contributed by atoms with Crippen LogP contribution in [0.15, 0.2) is 53.4 Å². The number of nitrogens with zero attached hydrogens (tertiary/aromatic N) is 2. The van der Waals surface area contributed by atoms with Gasteiger partial charge in [0, 0.05) is 31.5 Å². The summed E-state index contributed by atoms with van der Waals surface area (Å²) in [7, 11) is 1.60. The van der Waals surface area contributed by atoms with Gasteiger partial charge < -0.3 is 10.1 Å². The van der Waals surface area contributed by atoms with E-state index in [2.05, 4.69) is 5.32 Å². The molecule has 7 nitrogen and oxygen atoms in total. The molecule has 4 rings (SSSR count). The van der Waals surface area contributed by atoms with Crippen LogP contribution < -0.4 is 10.2 Å². The molecule has 0 atom stereocenters. The summed E-state index contributed by atoms with van der Waals surface area (Å²) in [6.45, 7) is 2.71. The highest BCUT2D eigenvalue weighted by Gasteiger charge is 2.42. The number of amides is 3. The molecule has 1 N–H and O–H groups in total. The third-order valence-corrected chi connectivity index (χ3v) is 6.78. The number of carbonyl (C=O) groups excluding carboxylic acids is 3. The molecule has 2 aliphatic rings. The zero-order valence-electron chi connectivity index (χ0n) is 18.3. The quantitative estimate of drug-likeness (QED) is 0.370. The Balaban J connectivity index is 1.60. The first-order valence-corrected chi connectivity index (χ1v) is 11.7. The van der Waals surface area contributed by atoms with Gasteiger partial charge in [-0.3, -0.25) is 24.2 Å². The van der Waals surface area contributed by atoms with E-state index < -0.39 is 0 Å². The summed E-state index contributed by atoms with van der Waals surface area (Å²) in [4.78, 5) is 42.5. The van der Waals surface area contributed by atoms with Gasteiger partial charge in [0.15, 0.2) is 0 Å². The standard InChI is InChI=1S/C24H23N3O4S2/c1-15-7-5-8-16(13-15)25-19(28)14-27-18-10-4-3-9-17(18)20(22(27)29)21-23(30)26(24(32)33-21)11-6-12-31-2/h3-5,7-10,13H,6,11-12,14H2,1-2H3,(H,25,28)/b21-20-. The number of benzene rings is 2. The number of methoxy groups -OCH3 is 1. The van der Waals surface area contributed by atoms with Crippen molar-refractivity contribution in [2.45, 2.75) is 13.3 Å². The van der Waals surface area contributed by atoms with Crippen molar-refractivity contribution in [3.05, 3.63) is 64.6 Å². The molecule has 1 fully saturated rings. The molecule has 9 heteroatoms. The molecular formula is C24H23N3O4S2. The maximum Gasteiger partial charge on any atom is 0.267 e. The molecule has 0 aromatic heterocycles. The monoisotopic (exact) mass is 481 g/mol. The van der Waals surface area contributed by atoms with Crippen LogP contribution in [0.2, 0.25) is 0 Å². The molecular weight excluding hydrogens is 458 g/mol. The number of para-hydroxylation sites is 1. The molecule has 0 unspecified atom stereocenters. The van der Waals surface area contributed by atoms with Gasteiger partial charge in [0.25, 0.3) is 11.8 Å². The van der Waals surface area contributed by atoms with Crippen molar-refractivity contribution in [1.82, 2.24) is 4.90 Å². The summed E-state index contributed by atoms with van der Waals surface area (Å²) in [6.07, 6.45) is 0.640. The van der Waals surface area contributed by atoms with Crippen LogP contribution in [-0.2, 0) is 19.1 Å². The molecule has 2 heterocycles. The van der Waals surface area contributed by atoms with Crippen LogP contribution >= 0.6 is 24.0 Å². The second kappa shape index (κ2) is 9.86. The van der Waals surface area contributed by atoms with E-state index in [0.29, 0.717) is 51.3 Å². The normalized spacial score (nSPS) is 17.7. The predicted molar refractivity (Wildman–Crippen MR) is 134 cm³/mol. The zero-order chi connectivity index (χ0) is 23.5. The molecule has 0 saturated carbocycles. The minimum Gasteiger partial charge on any atom is -0.385 e. The second-order valence-corrected chi connectivity index (χ2v) is 9.35. The highest BCUT2D eigenvalue weighted by molar-refractivity contribution is 8.26. The first-order valence-electron chi connectivity index (χ1n) is 10.5. The maximum absolute atomic E-state index is 13.5. The van der Waals surface area contributed by atoms with Gasteiger partial charge in [0.2, 0.25) is 5.91 Å². The average molecular weight is 482 g/mol. The molecule has 1 saturated heterocycles. The fourth-order valence-corrected chi connectivity index (χ4v) is 5.21. The minimum atomic E-state index is -0.381. The molecule has 0 spiro atoms. The first kappa shape index (κ1) is 23.2. The van der Waals surface area contributed by atoms with Crippen molar-refractivity contribution in [3.8, 4) is 0 Å². The Morgan fingerprint density at radius 2 is 1.88 bits per heavy atom. The number of fused-ring (bicyclic) bond motifs is 1. The van der Waals surface area contributed by atoms with Gasteiger partial charge in [-0.05, 0) is 37.1 Å². The largest absolute Gasteiger partial charge is 0.385 e. The highest BCUT2D eigenvalue weighted by atomic mass is 32.2. The van der Waals surface area contributed by atoms with Crippen molar-refractivity contribution in [2.75, 3.05) is 37.0 Å². The van der Waals surface area contributed by atoms with E-state index in [-0.39, 0.29) is 24.3 Å². The number of thioether (sulfide) groups is 1. The van der Waals surface area contributed by atoms with Gasteiger partial charge in [0.05, 0.1) is 16.2 Å². The van der Waals surface area contributed by atoms with Gasteiger partial charge in [-0.15, -0.1) is 0 Å². The van der Waals surface area contributed by atoms with E-state index in [1.165, 1.54) is 9.80 Å². The lowest BCUT2D eigenvalue weighted by Crippen LogP contribution is -2.35. The van der Waals surface area contributed by atoms with Crippen molar-refractivity contribution in [1.29, 1.82) is 0 Å². The molecule has 0 aliphatic carbocycles. The van der Waals surface area contributed by atoms with Crippen LogP contribution in [0.5, 0.6) is 0 Å². The molecule has 33 heavy (non-hydrogen) atoms. The molecule has 2 aromatic rings. The number of nitrogens with one attached hydrogen (secondary N) is 1. The Morgan fingerprint density at radius 3 is 2.64 bits per heavy atom. The Hall–Kier alpha value is -3.01. The average Bonchev–Trinajstić information content (AvgIpc) is 3.21. The van der Waals surface area contributed by atoms with E-state index in [1.807, 2.05) is 31.2 Å². The lowest BCUT2D eigenvalue weighted by molar-refractivity contribution is -0.122. The van der Waals surface area contributed by atoms with Crippen molar-refractivity contribution in [2.24, 2.45) is 0 Å². The van der Waals surface area contributed by atoms with Crippen LogP contribution in [0.3, 0.4) is 0 Å². The summed E-state index contributed by atoms with van der Waals surface area (Å²) in [5.74, 6) is -0.990. The number of ether oxygens (including phenoxy) is 1. The number of anilines is 2.